The molecule has 188 valence electrons. The van der Waals surface area contributed by atoms with Crippen molar-refractivity contribution in [2.24, 2.45) is 0 Å². The van der Waals surface area contributed by atoms with Crippen molar-refractivity contribution in [1.82, 2.24) is 24.6 Å². The Labute approximate surface area is 207 Å². The number of ether oxygens (including phenoxy) is 1. The highest BCUT2D eigenvalue weighted by atomic mass is 16.5. The number of anilines is 2. The lowest BCUT2D eigenvalue weighted by Crippen LogP contribution is -2.48. The summed E-state index contributed by atoms with van der Waals surface area (Å²) in [5.41, 5.74) is 2.91. The molecule has 9 heteroatoms. The number of amides is 1. The number of hydrogen-bond acceptors (Lipinski definition) is 7. The van der Waals surface area contributed by atoms with E-state index in [2.05, 4.69) is 47.8 Å². The van der Waals surface area contributed by atoms with Crippen LogP contribution in [0.25, 0.3) is 11.0 Å². The number of piperazine rings is 1. The van der Waals surface area contributed by atoms with E-state index in [4.69, 9.17) is 19.8 Å². The molecule has 1 aliphatic rings. The number of fused-ring (bicyclic) bond motifs is 1. The van der Waals surface area contributed by atoms with Crippen molar-refractivity contribution in [2.75, 3.05) is 43.0 Å². The van der Waals surface area contributed by atoms with Crippen LogP contribution in [0, 0.1) is 0 Å². The molecule has 0 bridgehead atoms. The molecule has 1 fully saturated rings. The van der Waals surface area contributed by atoms with Gasteiger partial charge in [-0.3, -0.25) is 9.48 Å². The van der Waals surface area contributed by atoms with Crippen LogP contribution in [-0.2, 0) is 4.79 Å². The lowest BCUT2D eigenvalue weighted by atomic mass is 10.1. The number of carbonyl (C=O) groups is 1. The molecule has 1 saturated heterocycles. The first-order valence-corrected chi connectivity index (χ1v) is 12.7. The van der Waals surface area contributed by atoms with E-state index in [1.54, 1.807) is 6.92 Å². The topological polar surface area (TPSA) is 88.4 Å². The minimum absolute atomic E-state index is 0.0243. The van der Waals surface area contributed by atoms with Crippen molar-refractivity contribution >= 4 is 28.7 Å². The highest BCUT2D eigenvalue weighted by Gasteiger charge is 2.24. The molecular weight excluding hydrogens is 442 g/mol. The van der Waals surface area contributed by atoms with Gasteiger partial charge in [-0.2, -0.15) is 10.1 Å². The van der Waals surface area contributed by atoms with E-state index in [1.165, 1.54) is 0 Å². The SMILES string of the molecule is CCOc1ccc([C@H](C)Nc2nc(N3CCN(C(C)=O)CC3)nc3cnn(C(CC)CC)c23)cc1. The molecule has 0 unspecified atom stereocenters. The number of rotatable bonds is 9. The van der Waals surface area contributed by atoms with Gasteiger partial charge in [-0.05, 0) is 44.4 Å². The van der Waals surface area contributed by atoms with Gasteiger partial charge in [0.2, 0.25) is 11.9 Å². The van der Waals surface area contributed by atoms with Crippen molar-refractivity contribution in [3.63, 3.8) is 0 Å². The van der Waals surface area contributed by atoms with Crippen LogP contribution in [0.5, 0.6) is 5.75 Å². The first-order valence-electron chi connectivity index (χ1n) is 12.7. The molecule has 1 atom stereocenters. The maximum Gasteiger partial charge on any atom is 0.228 e. The molecule has 35 heavy (non-hydrogen) atoms. The van der Waals surface area contributed by atoms with Crippen molar-refractivity contribution in [3.05, 3.63) is 36.0 Å². The summed E-state index contributed by atoms with van der Waals surface area (Å²) in [6.07, 6.45) is 3.81. The van der Waals surface area contributed by atoms with Gasteiger partial charge >= 0.3 is 0 Å². The van der Waals surface area contributed by atoms with E-state index in [1.807, 2.05) is 30.2 Å². The van der Waals surface area contributed by atoms with Gasteiger partial charge < -0.3 is 19.9 Å². The number of nitrogens with one attached hydrogen (secondary N) is 1. The van der Waals surface area contributed by atoms with Crippen LogP contribution in [0.15, 0.2) is 30.5 Å². The third kappa shape index (κ3) is 5.33. The third-order valence-electron chi connectivity index (χ3n) is 6.77. The minimum Gasteiger partial charge on any atom is -0.494 e. The quantitative estimate of drug-likeness (QED) is 0.486. The molecule has 4 rings (SSSR count). The highest BCUT2D eigenvalue weighted by molar-refractivity contribution is 5.87. The van der Waals surface area contributed by atoms with Gasteiger partial charge in [0.05, 0.1) is 24.9 Å². The summed E-state index contributed by atoms with van der Waals surface area (Å²) < 4.78 is 7.66. The Hall–Kier alpha value is -3.36. The molecule has 0 saturated carbocycles. The number of hydrogen-bond donors (Lipinski definition) is 1. The molecule has 1 aromatic carbocycles. The summed E-state index contributed by atoms with van der Waals surface area (Å²) >= 11 is 0. The summed E-state index contributed by atoms with van der Waals surface area (Å²) in [4.78, 5) is 25.7. The number of nitrogens with zero attached hydrogens (tertiary/aromatic N) is 6. The molecule has 3 heterocycles. The van der Waals surface area contributed by atoms with Crippen molar-refractivity contribution < 1.29 is 9.53 Å². The van der Waals surface area contributed by atoms with Crippen molar-refractivity contribution in [3.8, 4) is 5.75 Å². The summed E-state index contributed by atoms with van der Waals surface area (Å²) in [7, 11) is 0. The Balaban J connectivity index is 1.68. The van der Waals surface area contributed by atoms with Gasteiger partial charge in [0.25, 0.3) is 0 Å². The van der Waals surface area contributed by atoms with E-state index < -0.39 is 0 Å². The van der Waals surface area contributed by atoms with Crippen molar-refractivity contribution in [2.45, 2.75) is 59.5 Å². The maximum absolute atomic E-state index is 11.8. The lowest BCUT2D eigenvalue weighted by molar-refractivity contribution is -0.129. The van der Waals surface area contributed by atoms with E-state index in [9.17, 15) is 4.79 Å². The van der Waals surface area contributed by atoms with Gasteiger partial charge in [-0.15, -0.1) is 0 Å². The van der Waals surface area contributed by atoms with Crippen LogP contribution in [0.1, 0.15) is 65.1 Å². The zero-order valence-corrected chi connectivity index (χ0v) is 21.5. The fraction of sp³-hybridized carbons (Fsp3) is 0.538. The van der Waals surface area contributed by atoms with Crippen LogP contribution in [0.3, 0.4) is 0 Å². The maximum atomic E-state index is 11.8. The molecule has 1 aliphatic heterocycles. The van der Waals surface area contributed by atoms with Gasteiger partial charge in [0.1, 0.15) is 16.8 Å². The summed E-state index contributed by atoms with van der Waals surface area (Å²) in [6.45, 7) is 13.5. The first-order chi connectivity index (χ1) is 16.9. The smallest absolute Gasteiger partial charge is 0.228 e. The zero-order chi connectivity index (χ0) is 24.9. The van der Waals surface area contributed by atoms with E-state index >= 15 is 0 Å². The molecule has 3 aromatic rings. The van der Waals surface area contributed by atoms with Crippen LogP contribution < -0.4 is 15.0 Å². The van der Waals surface area contributed by atoms with Gasteiger partial charge in [0.15, 0.2) is 5.82 Å². The predicted molar refractivity (Wildman–Crippen MR) is 139 cm³/mol. The molecule has 1 N–H and O–H groups in total. The van der Waals surface area contributed by atoms with Crippen LogP contribution in [0.4, 0.5) is 11.8 Å². The Morgan fingerprint density at radius 3 is 2.34 bits per heavy atom. The number of aromatic nitrogens is 4. The number of benzene rings is 1. The summed E-state index contributed by atoms with van der Waals surface area (Å²) in [5, 5.41) is 8.36. The minimum atomic E-state index is 0.0243. The normalized spacial score (nSPS) is 15.0. The third-order valence-corrected chi connectivity index (χ3v) is 6.77. The molecule has 0 radical (unpaired) electrons. The molecule has 0 aliphatic carbocycles. The molecule has 1 amide bonds. The van der Waals surface area contributed by atoms with Crippen LogP contribution >= 0.6 is 0 Å². The van der Waals surface area contributed by atoms with E-state index in [0.29, 0.717) is 38.7 Å². The molecular formula is C26H37N7O2. The van der Waals surface area contributed by atoms with E-state index in [-0.39, 0.29) is 18.0 Å². The Bertz CT molecular complexity index is 1130. The molecule has 0 spiro atoms. The lowest BCUT2D eigenvalue weighted by Gasteiger charge is -2.34. The molecule has 2 aromatic heterocycles. The van der Waals surface area contributed by atoms with Gasteiger partial charge in [-0.25, -0.2) is 4.98 Å². The largest absolute Gasteiger partial charge is 0.494 e. The van der Waals surface area contributed by atoms with Gasteiger partial charge in [-0.1, -0.05) is 26.0 Å². The monoisotopic (exact) mass is 479 g/mol. The summed E-state index contributed by atoms with van der Waals surface area (Å²) in [6, 6.07) is 8.48. The average molecular weight is 480 g/mol. The first kappa shape index (κ1) is 24.8. The van der Waals surface area contributed by atoms with E-state index in [0.717, 1.165) is 41.0 Å². The summed E-state index contributed by atoms with van der Waals surface area (Å²) in [5.74, 6) is 2.43. The predicted octanol–water partition coefficient (Wildman–Crippen LogP) is 4.43. The second-order valence-electron chi connectivity index (χ2n) is 9.03. The molecule has 9 nitrogen and oxygen atoms in total. The fourth-order valence-electron chi connectivity index (χ4n) is 4.63. The Kier molecular flexibility index (Phi) is 7.73. The standard InChI is InChI=1S/C26H37N7O2/c1-6-21(7-2)33-24-23(17-27-33)29-26(32-15-13-31(14-16-32)19(5)34)30-25(24)28-18(4)20-9-11-22(12-10-20)35-8-3/h9-12,17-18,21H,6-8,13-16H2,1-5H3,(H,28,29,30)/t18-/m0/s1. The fourth-order valence-corrected chi connectivity index (χ4v) is 4.63. The second-order valence-corrected chi connectivity index (χ2v) is 9.03. The van der Waals surface area contributed by atoms with Crippen LogP contribution in [0.2, 0.25) is 0 Å². The Morgan fingerprint density at radius 2 is 1.74 bits per heavy atom. The van der Waals surface area contributed by atoms with Crippen molar-refractivity contribution in [1.29, 1.82) is 0 Å². The average Bonchev–Trinajstić information content (AvgIpc) is 3.30. The second kappa shape index (κ2) is 10.9. The zero-order valence-electron chi connectivity index (χ0n) is 21.5. The van der Waals surface area contributed by atoms with Crippen LogP contribution in [-0.4, -0.2) is 63.3 Å². The highest BCUT2D eigenvalue weighted by Crippen LogP contribution is 2.31. The number of carbonyl (C=O) groups excluding carboxylic acids is 1. The Morgan fingerprint density at radius 1 is 1.06 bits per heavy atom. The van der Waals surface area contributed by atoms with Gasteiger partial charge in [0, 0.05) is 33.1 Å².